The number of rotatable bonds is 5. The van der Waals surface area contributed by atoms with Crippen LogP contribution >= 0.6 is 0 Å². The lowest BCUT2D eigenvalue weighted by molar-refractivity contribution is 0.0164. The quantitative estimate of drug-likeness (QED) is 0.616. The molecule has 1 heterocycles. The van der Waals surface area contributed by atoms with Gasteiger partial charge in [-0.15, -0.1) is 0 Å². The van der Waals surface area contributed by atoms with Crippen LogP contribution in [0.2, 0.25) is 0 Å². The molecule has 0 aromatic carbocycles. The Labute approximate surface area is 92.2 Å². The molecule has 1 fully saturated rings. The molecule has 1 saturated heterocycles. The number of nitrogens with one attached hydrogen (secondary N) is 1. The summed E-state index contributed by atoms with van der Waals surface area (Å²) in [4.78, 5) is 0. The Bertz CT molecular complexity index is 179. The second-order valence-electron chi connectivity index (χ2n) is 4.77. The number of nitrogens with two attached hydrogens (primary N) is 1. The van der Waals surface area contributed by atoms with Crippen LogP contribution in [0.15, 0.2) is 0 Å². The molecule has 1 aliphatic rings. The zero-order valence-corrected chi connectivity index (χ0v) is 9.83. The van der Waals surface area contributed by atoms with Gasteiger partial charge >= 0.3 is 0 Å². The second kappa shape index (κ2) is 5.80. The van der Waals surface area contributed by atoms with Gasteiger partial charge in [0.1, 0.15) is 0 Å². The summed E-state index contributed by atoms with van der Waals surface area (Å²) in [6.07, 6.45) is 2.60. The normalized spacial score (nSPS) is 31.2. The molecule has 4 nitrogen and oxygen atoms in total. The largest absolute Gasteiger partial charge is 0.393 e. The van der Waals surface area contributed by atoms with Crippen LogP contribution in [-0.2, 0) is 4.74 Å². The summed E-state index contributed by atoms with van der Waals surface area (Å²) < 4.78 is 5.48. The van der Waals surface area contributed by atoms with Gasteiger partial charge in [0.05, 0.1) is 18.2 Å². The van der Waals surface area contributed by atoms with E-state index in [0.717, 1.165) is 25.9 Å². The van der Waals surface area contributed by atoms with E-state index >= 15 is 0 Å². The predicted octanol–water partition coefficient (Wildman–Crippen LogP) is 0.243. The van der Waals surface area contributed by atoms with Gasteiger partial charge in [-0.05, 0) is 33.1 Å². The van der Waals surface area contributed by atoms with Crippen LogP contribution in [0.3, 0.4) is 0 Å². The molecule has 0 saturated carbocycles. The standard InChI is InChI=1S/C11H24N2O2/c1-9(6-10(2)14)13-11(7-12)4-3-5-15-8-11/h9-10,13-14H,3-8,12H2,1-2H3. The maximum Gasteiger partial charge on any atom is 0.0660 e. The summed E-state index contributed by atoms with van der Waals surface area (Å²) in [6.45, 7) is 6.02. The number of aliphatic hydroxyl groups is 1. The molecule has 4 heteroatoms. The van der Waals surface area contributed by atoms with Crippen LogP contribution in [0.1, 0.15) is 33.1 Å². The van der Waals surface area contributed by atoms with Gasteiger partial charge < -0.3 is 20.9 Å². The monoisotopic (exact) mass is 216 g/mol. The van der Waals surface area contributed by atoms with E-state index in [1.165, 1.54) is 0 Å². The van der Waals surface area contributed by atoms with Crippen molar-refractivity contribution in [2.75, 3.05) is 19.8 Å². The lowest BCUT2D eigenvalue weighted by Crippen LogP contribution is -2.59. The molecule has 3 atom stereocenters. The highest BCUT2D eigenvalue weighted by molar-refractivity contribution is 4.93. The summed E-state index contributed by atoms with van der Waals surface area (Å²) in [5, 5.41) is 12.8. The maximum atomic E-state index is 9.31. The molecule has 1 rings (SSSR count). The highest BCUT2D eigenvalue weighted by Crippen LogP contribution is 2.19. The van der Waals surface area contributed by atoms with Crippen LogP contribution in [0.5, 0.6) is 0 Å². The van der Waals surface area contributed by atoms with E-state index in [2.05, 4.69) is 12.2 Å². The van der Waals surface area contributed by atoms with Gasteiger partial charge in [0.2, 0.25) is 0 Å². The van der Waals surface area contributed by atoms with Crippen molar-refractivity contribution >= 4 is 0 Å². The van der Waals surface area contributed by atoms with Gasteiger partial charge in [-0.1, -0.05) is 0 Å². The van der Waals surface area contributed by atoms with E-state index < -0.39 is 0 Å². The molecule has 90 valence electrons. The van der Waals surface area contributed by atoms with Crippen molar-refractivity contribution in [1.82, 2.24) is 5.32 Å². The van der Waals surface area contributed by atoms with Crippen molar-refractivity contribution in [2.24, 2.45) is 5.73 Å². The predicted molar refractivity (Wildman–Crippen MR) is 60.7 cm³/mol. The molecule has 1 aliphatic heterocycles. The van der Waals surface area contributed by atoms with Gasteiger partial charge in [-0.2, -0.15) is 0 Å². The Morgan fingerprint density at radius 3 is 2.73 bits per heavy atom. The lowest BCUT2D eigenvalue weighted by Gasteiger charge is -2.39. The van der Waals surface area contributed by atoms with Crippen molar-refractivity contribution in [3.05, 3.63) is 0 Å². The van der Waals surface area contributed by atoms with Crippen LogP contribution in [0.25, 0.3) is 0 Å². The highest BCUT2D eigenvalue weighted by atomic mass is 16.5. The Hall–Kier alpha value is -0.160. The number of hydrogen-bond acceptors (Lipinski definition) is 4. The third-order valence-electron chi connectivity index (χ3n) is 2.96. The summed E-state index contributed by atoms with van der Waals surface area (Å²) >= 11 is 0. The number of ether oxygens (including phenoxy) is 1. The third kappa shape index (κ3) is 4.07. The molecule has 0 radical (unpaired) electrons. The first-order valence-electron chi connectivity index (χ1n) is 5.81. The summed E-state index contributed by atoms with van der Waals surface area (Å²) in [6, 6.07) is 0.273. The van der Waals surface area contributed by atoms with E-state index in [9.17, 15) is 5.11 Å². The third-order valence-corrected chi connectivity index (χ3v) is 2.96. The molecular formula is C11H24N2O2. The Morgan fingerprint density at radius 1 is 1.53 bits per heavy atom. The second-order valence-corrected chi connectivity index (χ2v) is 4.77. The van der Waals surface area contributed by atoms with Gasteiger partial charge in [0, 0.05) is 19.2 Å². The first kappa shape index (κ1) is 12.9. The molecule has 0 aliphatic carbocycles. The average Bonchev–Trinajstić information content (AvgIpc) is 2.17. The average molecular weight is 216 g/mol. The molecule has 0 bridgehead atoms. The minimum absolute atomic E-state index is 0.0768. The van der Waals surface area contributed by atoms with Crippen LogP contribution in [0, 0.1) is 0 Å². The Kier molecular flexibility index (Phi) is 4.99. The van der Waals surface area contributed by atoms with Gasteiger partial charge in [0.25, 0.3) is 0 Å². The smallest absolute Gasteiger partial charge is 0.0660 e. The molecular weight excluding hydrogens is 192 g/mol. The van der Waals surface area contributed by atoms with Crippen molar-refractivity contribution in [3.8, 4) is 0 Å². The van der Waals surface area contributed by atoms with E-state index in [0.29, 0.717) is 13.2 Å². The zero-order valence-electron chi connectivity index (χ0n) is 9.83. The van der Waals surface area contributed by atoms with Crippen LogP contribution in [-0.4, -0.2) is 42.5 Å². The SMILES string of the molecule is CC(O)CC(C)NC1(CN)CCCOC1. The Balaban J connectivity index is 2.43. The maximum absolute atomic E-state index is 9.31. The van der Waals surface area contributed by atoms with E-state index in [1.54, 1.807) is 0 Å². The summed E-state index contributed by atoms with van der Waals surface area (Å²) in [5.74, 6) is 0. The molecule has 0 aromatic rings. The summed E-state index contributed by atoms with van der Waals surface area (Å²) in [5.41, 5.74) is 5.74. The fourth-order valence-electron chi connectivity index (χ4n) is 2.28. The van der Waals surface area contributed by atoms with Crippen LogP contribution < -0.4 is 11.1 Å². The minimum atomic E-state index is -0.271. The van der Waals surface area contributed by atoms with Crippen molar-refractivity contribution in [2.45, 2.75) is 50.8 Å². The Morgan fingerprint density at radius 2 is 2.27 bits per heavy atom. The molecule has 4 N–H and O–H groups in total. The van der Waals surface area contributed by atoms with Crippen molar-refractivity contribution in [3.63, 3.8) is 0 Å². The zero-order chi connectivity index (χ0) is 11.3. The lowest BCUT2D eigenvalue weighted by atomic mass is 9.91. The first-order valence-corrected chi connectivity index (χ1v) is 5.81. The van der Waals surface area contributed by atoms with Gasteiger partial charge in [0.15, 0.2) is 0 Å². The van der Waals surface area contributed by atoms with E-state index in [4.69, 9.17) is 10.5 Å². The molecule has 15 heavy (non-hydrogen) atoms. The molecule has 3 unspecified atom stereocenters. The first-order chi connectivity index (χ1) is 7.08. The van der Waals surface area contributed by atoms with Crippen molar-refractivity contribution < 1.29 is 9.84 Å². The van der Waals surface area contributed by atoms with Gasteiger partial charge in [-0.3, -0.25) is 0 Å². The fraction of sp³-hybridized carbons (Fsp3) is 1.00. The molecule has 0 amide bonds. The minimum Gasteiger partial charge on any atom is -0.393 e. The van der Waals surface area contributed by atoms with E-state index in [1.807, 2.05) is 6.92 Å². The van der Waals surface area contributed by atoms with Crippen molar-refractivity contribution in [1.29, 1.82) is 0 Å². The summed E-state index contributed by atoms with van der Waals surface area (Å²) in [7, 11) is 0. The molecule has 0 spiro atoms. The number of hydrogen-bond donors (Lipinski definition) is 3. The fourth-order valence-corrected chi connectivity index (χ4v) is 2.28. The highest BCUT2D eigenvalue weighted by Gasteiger charge is 2.32. The molecule has 0 aromatic heterocycles. The van der Waals surface area contributed by atoms with Crippen LogP contribution in [0.4, 0.5) is 0 Å². The van der Waals surface area contributed by atoms with Gasteiger partial charge in [-0.25, -0.2) is 0 Å². The topological polar surface area (TPSA) is 67.5 Å². The number of aliphatic hydroxyl groups excluding tert-OH is 1. The van der Waals surface area contributed by atoms with E-state index in [-0.39, 0.29) is 17.7 Å².